The average Bonchev–Trinajstić information content (AvgIpc) is 2.46. The highest BCUT2D eigenvalue weighted by Crippen LogP contribution is 2.26. The number of anilines is 1. The molecule has 0 spiro atoms. The van der Waals surface area contributed by atoms with Crippen molar-refractivity contribution in [1.82, 2.24) is 0 Å². The fourth-order valence-corrected chi connectivity index (χ4v) is 2.24. The van der Waals surface area contributed by atoms with Crippen LogP contribution in [0.1, 0.15) is 12.5 Å². The van der Waals surface area contributed by atoms with Crippen molar-refractivity contribution in [1.29, 1.82) is 0 Å². The molecule has 0 fully saturated rings. The van der Waals surface area contributed by atoms with E-state index in [9.17, 15) is 9.59 Å². The van der Waals surface area contributed by atoms with Gasteiger partial charge < -0.3 is 10.1 Å². The summed E-state index contributed by atoms with van der Waals surface area (Å²) in [4.78, 5) is 22.8. The van der Waals surface area contributed by atoms with Crippen molar-refractivity contribution in [3.8, 4) is 11.1 Å². The molecule has 0 aliphatic carbocycles. The number of hydrogen-bond donors (Lipinski definition) is 1. The first-order valence-electron chi connectivity index (χ1n) is 6.72. The summed E-state index contributed by atoms with van der Waals surface area (Å²) in [5.41, 5.74) is 3.24. The number of methoxy groups -OCH3 is 1. The number of esters is 1. The van der Waals surface area contributed by atoms with E-state index in [-0.39, 0.29) is 18.3 Å². The van der Waals surface area contributed by atoms with E-state index in [1.165, 1.54) is 14.0 Å². The van der Waals surface area contributed by atoms with Gasteiger partial charge in [0.1, 0.15) is 0 Å². The van der Waals surface area contributed by atoms with Crippen molar-refractivity contribution in [2.45, 2.75) is 13.3 Å². The van der Waals surface area contributed by atoms with Gasteiger partial charge in [-0.15, -0.1) is 0 Å². The summed E-state index contributed by atoms with van der Waals surface area (Å²) < 4.78 is 4.69. The standard InChI is InChI=1S/C17H16ClNO3/c1-11(20)19-16-8-12(9-17(21)22-2)7-14(10-16)13-3-5-15(18)6-4-13/h3-8,10H,9H2,1-2H3,(H,19,20). The van der Waals surface area contributed by atoms with Gasteiger partial charge in [-0.3, -0.25) is 9.59 Å². The first-order chi connectivity index (χ1) is 10.5. The van der Waals surface area contributed by atoms with Crippen molar-refractivity contribution in [2.75, 3.05) is 12.4 Å². The lowest BCUT2D eigenvalue weighted by Gasteiger charge is -2.10. The molecule has 0 aliphatic rings. The molecular formula is C17H16ClNO3. The molecule has 0 radical (unpaired) electrons. The zero-order chi connectivity index (χ0) is 16.1. The molecule has 5 heteroatoms. The molecule has 0 saturated carbocycles. The Labute approximate surface area is 134 Å². The number of halogens is 1. The second-order valence-electron chi connectivity index (χ2n) is 4.86. The van der Waals surface area contributed by atoms with Crippen molar-refractivity contribution in [3.63, 3.8) is 0 Å². The number of nitrogens with one attached hydrogen (secondary N) is 1. The number of ether oxygens (including phenoxy) is 1. The van der Waals surface area contributed by atoms with Gasteiger partial charge in [0, 0.05) is 17.6 Å². The highest BCUT2D eigenvalue weighted by Gasteiger charge is 2.08. The molecule has 1 N–H and O–H groups in total. The number of amides is 1. The van der Waals surface area contributed by atoms with Crippen LogP contribution in [0.15, 0.2) is 42.5 Å². The van der Waals surface area contributed by atoms with Crippen LogP contribution in [-0.4, -0.2) is 19.0 Å². The number of rotatable bonds is 4. The predicted molar refractivity (Wildman–Crippen MR) is 86.9 cm³/mol. The maximum atomic E-state index is 11.5. The Morgan fingerprint density at radius 3 is 2.36 bits per heavy atom. The van der Waals surface area contributed by atoms with Crippen LogP contribution in [0.5, 0.6) is 0 Å². The van der Waals surface area contributed by atoms with Gasteiger partial charge in [0.05, 0.1) is 13.5 Å². The maximum Gasteiger partial charge on any atom is 0.309 e. The molecule has 2 aromatic rings. The minimum atomic E-state index is -0.331. The lowest BCUT2D eigenvalue weighted by atomic mass is 10.0. The van der Waals surface area contributed by atoms with Crippen LogP contribution in [0.25, 0.3) is 11.1 Å². The molecule has 0 unspecified atom stereocenters. The number of benzene rings is 2. The Balaban J connectivity index is 2.42. The van der Waals surface area contributed by atoms with E-state index < -0.39 is 0 Å². The molecule has 0 atom stereocenters. The molecule has 2 rings (SSSR count). The Morgan fingerprint density at radius 2 is 1.77 bits per heavy atom. The number of carbonyl (C=O) groups excluding carboxylic acids is 2. The molecule has 22 heavy (non-hydrogen) atoms. The van der Waals surface area contributed by atoms with Crippen LogP contribution in [0, 0.1) is 0 Å². The van der Waals surface area contributed by atoms with E-state index in [0.29, 0.717) is 10.7 Å². The fraction of sp³-hybridized carbons (Fsp3) is 0.176. The Hall–Kier alpha value is -2.33. The summed E-state index contributed by atoms with van der Waals surface area (Å²) in [6.45, 7) is 1.44. The molecule has 0 heterocycles. The van der Waals surface area contributed by atoms with Gasteiger partial charge in [-0.25, -0.2) is 0 Å². The van der Waals surface area contributed by atoms with E-state index in [1.807, 2.05) is 24.3 Å². The summed E-state index contributed by atoms with van der Waals surface area (Å²) in [6, 6.07) is 12.9. The van der Waals surface area contributed by atoms with E-state index in [0.717, 1.165) is 16.7 Å². The normalized spacial score (nSPS) is 10.1. The minimum Gasteiger partial charge on any atom is -0.469 e. The van der Waals surface area contributed by atoms with Crippen LogP contribution in [0.2, 0.25) is 5.02 Å². The molecule has 0 aliphatic heterocycles. The molecule has 0 bridgehead atoms. The molecular weight excluding hydrogens is 302 g/mol. The van der Waals surface area contributed by atoms with Gasteiger partial charge in [0.2, 0.25) is 5.91 Å². The third kappa shape index (κ3) is 4.33. The van der Waals surface area contributed by atoms with Crippen molar-refractivity contribution >= 4 is 29.2 Å². The first-order valence-corrected chi connectivity index (χ1v) is 7.10. The highest BCUT2D eigenvalue weighted by atomic mass is 35.5. The summed E-state index contributed by atoms with van der Waals surface area (Å²) in [7, 11) is 1.35. The maximum absolute atomic E-state index is 11.5. The number of carbonyl (C=O) groups is 2. The summed E-state index contributed by atoms with van der Waals surface area (Å²) in [6.07, 6.45) is 0.143. The largest absolute Gasteiger partial charge is 0.469 e. The lowest BCUT2D eigenvalue weighted by molar-refractivity contribution is -0.139. The quantitative estimate of drug-likeness (QED) is 0.875. The molecule has 0 aromatic heterocycles. The summed E-state index contributed by atoms with van der Waals surface area (Å²) >= 11 is 5.90. The summed E-state index contributed by atoms with van der Waals surface area (Å²) in [5, 5.41) is 3.39. The van der Waals surface area contributed by atoms with Crippen LogP contribution < -0.4 is 5.32 Å². The molecule has 1 amide bonds. The van der Waals surface area contributed by atoms with Crippen LogP contribution in [0.4, 0.5) is 5.69 Å². The first kappa shape index (κ1) is 16.0. The topological polar surface area (TPSA) is 55.4 Å². The monoisotopic (exact) mass is 317 g/mol. The van der Waals surface area contributed by atoms with Gasteiger partial charge in [-0.05, 0) is 41.0 Å². The van der Waals surface area contributed by atoms with Gasteiger partial charge in [-0.1, -0.05) is 29.8 Å². The molecule has 114 valence electrons. The van der Waals surface area contributed by atoms with Gasteiger partial charge in [-0.2, -0.15) is 0 Å². The SMILES string of the molecule is COC(=O)Cc1cc(NC(C)=O)cc(-c2ccc(Cl)cc2)c1. The van der Waals surface area contributed by atoms with Crippen LogP contribution in [0.3, 0.4) is 0 Å². The zero-order valence-corrected chi connectivity index (χ0v) is 13.1. The Kier molecular flexibility index (Phi) is 5.17. The third-order valence-electron chi connectivity index (χ3n) is 3.07. The van der Waals surface area contributed by atoms with Crippen LogP contribution >= 0.6 is 11.6 Å². The predicted octanol–water partition coefficient (Wildman–Crippen LogP) is 3.68. The highest BCUT2D eigenvalue weighted by molar-refractivity contribution is 6.30. The molecule has 2 aromatic carbocycles. The zero-order valence-electron chi connectivity index (χ0n) is 12.4. The minimum absolute atomic E-state index is 0.143. The fourth-order valence-electron chi connectivity index (χ4n) is 2.12. The van der Waals surface area contributed by atoms with Gasteiger partial charge in [0.15, 0.2) is 0 Å². The van der Waals surface area contributed by atoms with Crippen LogP contribution in [-0.2, 0) is 20.7 Å². The van der Waals surface area contributed by atoms with E-state index in [4.69, 9.17) is 16.3 Å². The second kappa shape index (κ2) is 7.09. The van der Waals surface area contributed by atoms with E-state index >= 15 is 0 Å². The van der Waals surface area contributed by atoms with Crippen molar-refractivity contribution < 1.29 is 14.3 Å². The Morgan fingerprint density at radius 1 is 1.09 bits per heavy atom. The van der Waals surface area contributed by atoms with Crippen molar-refractivity contribution in [3.05, 3.63) is 53.1 Å². The second-order valence-corrected chi connectivity index (χ2v) is 5.30. The average molecular weight is 318 g/mol. The van der Waals surface area contributed by atoms with E-state index in [1.54, 1.807) is 18.2 Å². The third-order valence-corrected chi connectivity index (χ3v) is 3.32. The smallest absolute Gasteiger partial charge is 0.309 e. The Bertz CT molecular complexity index is 696. The number of hydrogen-bond acceptors (Lipinski definition) is 3. The van der Waals surface area contributed by atoms with Gasteiger partial charge in [0.25, 0.3) is 0 Å². The van der Waals surface area contributed by atoms with Gasteiger partial charge >= 0.3 is 5.97 Å². The molecule has 0 saturated heterocycles. The molecule has 4 nitrogen and oxygen atoms in total. The van der Waals surface area contributed by atoms with E-state index in [2.05, 4.69) is 5.32 Å². The lowest BCUT2D eigenvalue weighted by Crippen LogP contribution is -2.08. The van der Waals surface area contributed by atoms with Crippen molar-refractivity contribution in [2.24, 2.45) is 0 Å². The summed E-state index contributed by atoms with van der Waals surface area (Å²) in [5.74, 6) is -0.501.